The molecule has 0 bridgehead atoms. The normalized spacial score (nSPS) is 11.8. The van der Waals surface area contributed by atoms with Crippen LogP contribution in [0.15, 0.2) is 221 Å². The van der Waals surface area contributed by atoms with E-state index in [-0.39, 0.29) is 0 Å². The van der Waals surface area contributed by atoms with E-state index in [1.54, 1.807) is 0 Å². The molecule has 0 atom stereocenters. The van der Waals surface area contributed by atoms with E-state index in [4.69, 9.17) is 23.8 Å². The first-order valence-electron chi connectivity index (χ1n) is 21.5. The van der Waals surface area contributed by atoms with Gasteiger partial charge in [0.25, 0.3) is 0 Å². The lowest BCUT2D eigenvalue weighted by Gasteiger charge is -2.19. The molecule has 64 heavy (non-hydrogen) atoms. The van der Waals surface area contributed by atoms with Crippen LogP contribution in [0.25, 0.3) is 133 Å². The molecular weight excluding hydrogens is 783 g/mol. The van der Waals surface area contributed by atoms with Crippen LogP contribution in [0.5, 0.6) is 0 Å². The lowest BCUT2D eigenvalue weighted by atomic mass is 9.86. The van der Waals surface area contributed by atoms with Crippen molar-refractivity contribution in [2.45, 2.75) is 0 Å². The van der Waals surface area contributed by atoms with E-state index in [9.17, 15) is 0 Å². The van der Waals surface area contributed by atoms with Crippen molar-refractivity contribution in [1.82, 2.24) is 15.0 Å². The molecule has 0 saturated heterocycles. The Kier molecular flexibility index (Phi) is 8.15. The number of hydrogen-bond acceptors (Lipinski definition) is 5. The topological polar surface area (TPSA) is 65.0 Å². The van der Waals surface area contributed by atoms with Gasteiger partial charge in [-0.05, 0) is 104 Å². The molecule has 298 valence electrons. The van der Waals surface area contributed by atoms with E-state index in [1.807, 2.05) is 24.3 Å². The Morgan fingerprint density at radius 3 is 1.33 bits per heavy atom. The number of rotatable bonds is 6. The first-order chi connectivity index (χ1) is 31.7. The van der Waals surface area contributed by atoms with Gasteiger partial charge in [-0.15, -0.1) is 0 Å². The van der Waals surface area contributed by atoms with Gasteiger partial charge in [-0.2, -0.15) is 0 Å². The molecule has 0 aliphatic rings. The molecule has 0 spiro atoms. The summed E-state index contributed by atoms with van der Waals surface area (Å²) in [5.74, 6) is 1.74. The van der Waals surface area contributed by atoms with Crippen molar-refractivity contribution < 1.29 is 8.83 Å². The molecule has 5 nitrogen and oxygen atoms in total. The Balaban J connectivity index is 1.10. The second-order valence-corrected chi connectivity index (χ2v) is 16.3. The number of benzene rings is 10. The van der Waals surface area contributed by atoms with E-state index in [0.29, 0.717) is 17.5 Å². The third-order valence-electron chi connectivity index (χ3n) is 12.5. The highest BCUT2D eigenvalue weighted by Crippen LogP contribution is 2.45. The van der Waals surface area contributed by atoms with Crippen molar-refractivity contribution in [3.8, 4) is 67.5 Å². The fourth-order valence-corrected chi connectivity index (χ4v) is 9.50. The SMILES string of the molecule is c1ccc(-c2cc(-c3ccc4oc5ccc6ccccc6c5c4c3)c(-c3ccccc3)c(-c3nc(-c4ccccc4)nc(-c4ccc5oc6ccc7ccccc7c6c5c4)n3)c2)cc1. The van der Waals surface area contributed by atoms with Crippen molar-refractivity contribution >= 4 is 65.4 Å². The average molecular weight is 818 g/mol. The number of nitrogens with zero attached hydrogens (tertiary/aromatic N) is 3. The van der Waals surface area contributed by atoms with E-state index in [0.717, 1.165) is 105 Å². The minimum atomic E-state index is 0.573. The van der Waals surface area contributed by atoms with Crippen LogP contribution in [0.4, 0.5) is 0 Å². The lowest BCUT2D eigenvalue weighted by molar-refractivity contribution is 0.669. The standard InChI is InChI=1S/C59H35N3O2/c1-4-14-36(15-5-1)43-34-46(41-26-28-50-47(32-41)55-44-22-12-10-16-37(44)24-30-52(55)63-50)54(39-18-6-2-7-19-39)49(35-43)59-61-57(40-20-8-3-9-21-40)60-58(62-59)42-27-29-51-48(33-42)56-45-23-13-11-17-38(45)25-31-53(56)64-51/h1-35H. The molecule has 0 aliphatic heterocycles. The number of hydrogen-bond donors (Lipinski definition) is 0. The number of furan rings is 2. The van der Waals surface area contributed by atoms with Crippen LogP contribution in [0.1, 0.15) is 0 Å². The predicted molar refractivity (Wildman–Crippen MR) is 262 cm³/mol. The molecule has 0 radical (unpaired) electrons. The summed E-state index contributed by atoms with van der Waals surface area (Å²) in [6, 6.07) is 74.0. The van der Waals surface area contributed by atoms with Gasteiger partial charge in [-0.3, -0.25) is 0 Å². The third-order valence-corrected chi connectivity index (χ3v) is 12.5. The molecule has 0 saturated carbocycles. The molecule has 0 N–H and O–H groups in total. The highest BCUT2D eigenvalue weighted by atomic mass is 16.3. The van der Waals surface area contributed by atoms with Gasteiger partial charge in [0.05, 0.1) is 0 Å². The highest BCUT2D eigenvalue weighted by molar-refractivity contribution is 6.20. The summed E-state index contributed by atoms with van der Waals surface area (Å²) in [5.41, 5.74) is 12.4. The Labute approximate surface area is 367 Å². The Morgan fingerprint density at radius 2 is 0.719 bits per heavy atom. The first kappa shape index (κ1) is 36.0. The van der Waals surface area contributed by atoms with Gasteiger partial charge in [-0.1, -0.05) is 158 Å². The maximum atomic E-state index is 6.50. The summed E-state index contributed by atoms with van der Waals surface area (Å²) in [6.07, 6.45) is 0. The minimum Gasteiger partial charge on any atom is -0.456 e. The summed E-state index contributed by atoms with van der Waals surface area (Å²) in [6.45, 7) is 0. The summed E-state index contributed by atoms with van der Waals surface area (Å²) >= 11 is 0. The fourth-order valence-electron chi connectivity index (χ4n) is 9.50. The van der Waals surface area contributed by atoms with Crippen molar-refractivity contribution in [1.29, 1.82) is 0 Å². The smallest absolute Gasteiger partial charge is 0.164 e. The van der Waals surface area contributed by atoms with Crippen LogP contribution in [-0.2, 0) is 0 Å². The third kappa shape index (κ3) is 5.90. The zero-order chi connectivity index (χ0) is 42.1. The predicted octanol–water partition coefficient (Wildman–Crippen LogP) is 16.0. The Hall–Kier alpha value is -8.67. The van der Waals surface area contributed by atoms with Gasteiger partial charge in [0, 0.05) is 43.8 Å². The molecule has 13 aromatic rings. The summed E-state index contributed by atoms with van der Waals surface area (Å²) < 4.78 is 12.9. The van der Waals surface area contributed by atoms with Gasteiger partial charge in [0.15, 0.2) is 17.5 Å². The number of aromatic nitrogens is 3. The van der Waals surface area contributed by atoms with E-state index in [1.165, 1.54) is 10.8 Å². The van der Waals surface area contributed by atoms with Crippen LogP contribution in [0.3, 0.4) is 0 Å². The molecule has 13 rings (SSSR count). The van der Waals surface area contributed by atoms with Crippen molar-refractivity contribution in [3.63, 3.8) is 0 Å². The molecule has 3 heterocycles. The van der Waals surface area contributed by atoms with E-state index in [2.05, 4.69) is 188 Å². The minimum absolute atomic E-state index is 0.573. The Morgan fingerprint density at radius 1 is 0.266 bits per heavy atom. The summed E-state index contributed by atoms with van der Waals surface area (Å²) in [4.78, 5) is 16.0. The molecule has 5 heteroatoms. The number of fused-ring (bicyclic) bond motifs is 10. The zero-order valence-corrected chi connectivity index (χ0v) is 34.4. The molecule has 3 aromatic heterocycles. The van der Waals surface area contributed by atoms with Gasteiger partial charge in [0.2, 0.25) is 0 Å². The second-order valence-electron chi connectivity index (χ2n) is 16.3. The second kappa shape index (κ2) is 14.5. The maximum Gasteiger partial charge on any atom is 0.164 e. The fraction of sp³-hybridized carbons (Fsp3) is 0. The largest absolute Gasteiger partial charge is 0.456 e. The van der Waals surface area contributed by atoms with E-state index < -0.39 is 0 Å². The highest BCUT2D eigenvalue weighted by Gasteiger charge is 2.23. The summed E-state index contributed by atoms with van der Waals surface area (Å²) in [5, 5.41) is 8.92. The van der Waals surface area contributed by atoms with Crippen LogP contribution < -0.4 is 0 Å². The van der Waals surface area contributed by atoms with Crippen molar-refractivity contribution in [2.75, 3.05) is 0 Å². The van der Waals surface area contributed by atoms with Gasteiger partial charge in [-0.25, -0.2) is 15.0 Å². The van der Waals surface area contributed by atoms with Crippen LogP contribution in [-0.4, -0.2) is 15.0 Å². The van der Waals surface area contributed by atoms with Gasteiger partial charge in [0.1, 0.15) is 22.3 Å². The van der Waals surface area contributed by atoms with Crippen LogP contribution >= 0.6 is 0 Å². The van der Waals surface area contributed by atoms with E-state index >= 15 is 0 Å². The molecule has 0 unspecified atom stereocenters. The summed E-state index contributed by atoms with van der Waals surface area (Å²) in [7, 11) is 0. The quantitative estimate of drug-likeness (QED) is 0.167. The Bertz CT molecular complexity index is 3950. The van der Waals surface area contributed by atoms with Gasteiger partial charge < -0.3 is 8.83 Å². The van der Waals surface area contributed by atoms with Gasteiger partial charge >= 0.3 is 0 Å². The molecule has 10 aromatic carbocycles. The zero-order valence-electron chi connectivity index (χ0n) is 34.4. The van der Waals surface area contributed by atoms with Crippen molar-refractivity contribution in [3.05, 3.63) is 212 Å². The maximum absolute atomic E-state index is 6.50. The lowest BCUT2D eigenvalue weighted by Crippen LogP contribution is -2.02. The monoisotopic (exact) mass is 817 g/mol. The van der Waals surface area contributed by atoms with Crippen molar-refractivity contribution in [2.24, 2.45) is 0 Å². The molecule has 0 fully saturated rings. The average Bonchev–Trinajstić information content (AvgIpc) is 3.95. The van der Waals surface area contributed by atoms with Crippen LogP contribution in [0.2, 0.25) is 0 Å². The first-order valence-corrected chi connectivity index (χ1v) is 21.5. The molecular formula is C59H35N3O2. The molecule has 0 aliphatic carbocycles. The molecule has 0 amide bonds. The van der Waals surface area contributed by atoms with Crippen LogP contribution in [0, 0.1) is 0 Å².